The smallest absolute Gasteiger partial charge is 0.240 e. The molecule has 1 amide bonds. The van der Waals surface area contributed by atoms with E-state index < -0.39 is 0 Å². The topological polar surface area (TPSA) is 46.3 Å². The van der Waals surface area contributed by atoms with Crippen LogP contribution in [0.2, 0.25) is 0 Å². The molecule has 1 aliphatic heterocycles. The molecule has 3 nitrogen and oxygen atoms in total. The molecule has 0 fully saturated rings. The molecule has 3 heteroatoms. The van der Waals surface area contributed by atoms with Crippen molar-refractivity contribution in [2.45, 2.75) is 12.8 Å². The van der Waals surface area contributed by atoms with Crippen LogP contribution in [0.25, 0.3) is 0 Å². The van der Waals surface area contributed by atoms with Gasteiger partial charge in [-0.05, 0) is 12.8 Å². The summed E-state index contributed by atoms with van der Waals surface area (Å²) in [5.41, 5.74) is 0. The monoisotopic (exact) mass is 178 g/mol. The molecule has 0 aromatic heterocycles. The molecule has 0 spiro atoms. The van der Waals surface area contributed by atoms with E-state index in [0.717, 1.165) is 12.8 Å². The van der Waals surface area contributed by atoms with Gasteiger partial charge in [0.1, 0.15) is 0 Å². The van der Waals surface area contributed by atoms with Crippen molar-refractivity contribution in [2.24, 2.45) is 17.7 Å². The minimum atomic E-state index is 0.0775. The Balaban J connectivity index is 2.25. The average Bonchev–Trinajstić information content (AvgIpc) is 2.29. The van der Waals surface area contributed by atoms with Gasteiger partial charge in [-0.3, -0.25) is 9.80 Å². The Morgan fingerprint density at radius 2 is 2.15 bits per heavy atom. The number of hydrazine groups is 1. The maximum Gasteiger partial charge on any atom is 0.240 e. The van der Waals surface area contributed by atoms with Crippen LogP contribution in [0.15, 0.2) is 24.3 Å². The van der Waals surface area contributed by atoms with E-state index in [4.69, 9.17) is 5.84 Å². The molecule has 0 aromatic carbocycles. The minimum absolute atomic E-state index is 0.0775. The SMILES string of the molecule is NN1CC=CC2C=CCCC2C1=O. The van der Waals surface area contributed by atoms with E-state index in [1.54, 1.807) is 0 Å². The van der Waals surface area contributed by atoms with E-state index in [9.17, 15) is 4.79 Å². The highest BCUT2D eigenvalue weighted by atomic mass is 16.2. The van der Waals surface area contributed by atoms with Crippen LogP contribution in [-0.4, -0.2) is 17.5 Å². The number of nitrogens with two attached hydrogens (primary N) is 1. The van der Waals surface area contributed by atoms with Gasteiger partial charge in [-0.1, -0.05) is 24.3 Å². The average molecular weight is 178 g/mol. The third kappa shape index (κ3) is 1.52. The van der Waals surface area contributed by atoms with Gasteiger partial charge in [0, 0.05) is 11.8 Å². The van der Waals surface area contributed by atoms with E-state index in [2.05, 4.69) is 18.2 Å². The van der Waals surface area contributed by atoms with Gasteiger partial charge in [0.05, 0.1) is 6.54 Å². The van der Waals surface area contributed by atoms with E-state index in [1.165, 1.54) is 5.01 Å². The van der Waals surface area contributed by atoms with Crippen LogP contribution < -0.4 is 5.84 Å². The van der Waals surface area contributed by atoms with Crippen LogP contribution in [-0.2, 0) is 4.79 Å². The largest absolute Gasteiger partial charge is 0.277 e. The summed E-state index contributed by atoms with van der Waals surface area (Å²) in [7, 11) is 0. The standard InChI is InChI=1S/C10H14N2O/c11-12-7-3-5-8-4-1-2-6-9(8)10(12)13/h1,3-5,8-9H,2,6-7,11H2. The first-order chi connectivity index (χ1) is 6.29. The van der Waals surface area contributed by atoms with Gasteiger partial charge < -0.3 is 0 Å². The van der Waals surface area contributed by atoms with Crippen molar-refractivity contribution in [2.75, 3.05) is 6.54 Å². The van der Waals surface area contributed by atoms with Crippen molar-refractivity contribution in [1.29, 1.82) is 0 Å². The van der Waals surface area contributed by atoms with E-state index in [0.29, 0.717) is 6.54 Å². The van der Waals surface area contributed by atoms with Gasteiger partial charge >= 0.3 is 0 Å². The number of nitrogens with zero attached hydrogens (tertiary/aromatic N) is 1. The number of rotatable bonds is 0. The summed E-state index contributed by atoms with van der Waals surface area (Å²) < 4.78 is 0. The Labute approximate surface area is 77.9 Å². The molecule has 2 rings (SSSR count). The summed E-state index contributed by atoms with van der Waals surface area (Å²) in [6.45, 7) is 0.541. The molecule has 1 aliphatic carbocycles. The van der Waals surface area contributed by atoms with Crippen LogP contribution in [0.4, 0.5) is 0 Å². The first-order valence-electron chi connectivity index (χ1n) is 4.68. The van der Waals surface area contributed by atoms with Crippen LogP contribution >= 0.6 is 0 Å². The van der Waals surface area contributed by atoms with Crippen molar-refractivity contribution in [3.05, 3.63) is 24.3 Å². The number of carbonyl (C=O) groups excluding carboxylic acids is 1. The molecule has 13 heavy (non-hydrogen) atoms. The van der Waals surface area contributed by atoms with Crippen molar-refractivity contribution in [3.63, 3.8) is 0 Å². The molecule has 0 aromatic rings. The molecular formula is C10H14N2O. The molecule has 2 aliphatic rings. The molecule has 0 radical (unpaired) electrons. The van der Waals surface area contributed by atoms with Gasteiger partial charge in [-0.15, -0.1) is 0 Å². The minimum Gasteiger partial charge on any atom is -0.277 e. The second kappa shape index (κ2) is 3.34. The van der Waals surface area contributed by atoms with Crippen molar-refractivity contribution in [1.82, 2.24) is 5.01 Å². The Bertz CT molecular complexity index is 270. The lowest BCUT2D eigenvalue weighted by molar-refractivity contribution is -0.136. The summed E-state index contributed by atoms with van der Waals surface area (Å²) in [5.74, 6) is 6.03. The van der Waals surface area contributed by atoms with Crippen LogP contribution in [0, 0.1) is 11.8 Å². The molecule has 2 unspecified atom stereocenters. The fourth-order valence-electron chi connectivity index (χ4n) is 1.98. The first kappa shape index (κ1) is 8.51. The number of carbonyl (C=O) groups is 1. The summed E-state index contributed by atoms with van der Waals surface area (Å²) in [6.07, 6.45) is 10.2. The van der Waals surface area contributed by atoms with E-state index >= 15 is 0 Å². The van der Waals surface area contributed by atoms with Gasteiger partial charge in [-0.25, -0.2) is 5.84 Å². The van der Waals surface area contributed by atoms with Gasteiger partial charge in [0.15, 0.2) is 0 Å². The zero-order valence-electron chi connectivity index (χ0n) is 7.52. The number of hydrogen-bond donors (Lipinski definition) is 1. The molecule has 0 bridgehead atoms. The summed E-state index contributed by atoms with van der Waals surface area (Å²) in [5, 5.41) is 1.32. The maximum atomic E-state index is 11.7. The van der Waals surface area contributed by atoms with Gasteiger partial charge in [0.2, 0.25) is 5.91 Å². The number of hydrogen-bond acceptors (Lipinski definition) is 2. The Hall–Kier alpha value is -1.09. The van der Waals surface area contributed by atoms with Crippen LogP contribution in [0.1, 0.15) is 12.8 Å². The second-order valence-electron chi connectivity index (χ2n) is 3.61. The lowest BCUT2D eigenvalue weighted by Gasteiger charge is -2.25. The summed E-state index contributed by atoms with van der Waals surface area (Å²) >= 11 is 0. The molecular weight excluding hydrogens is 164 g/mol. The molecule has 2 atom stereocenters. The van der Waals surface area contributed by atoms with Crippen LogP contribution in [0.5, 0.6) is 0 Å². The number of allylic oxidation sites excluding steroid dienone is 3. The highest BCUT2D eigenvalue weighted by Gasteiger charge is 2.30. The van der Waals surface area contributed by atoms with Crippen LogP contribution in [0.3, 0.4) is 0 Å². The predicted octanol–water partition coefficient (Wildman–Crippen LogP) is 0.841. The summed E-state index contributed by atoms with van der Waals surface area (Å²) in [4.78, 5) is 11.7. The van der Waals surface area contributed by atoms with Crippen molar-refractivity contribution >= 4 is 5.91 Å². The lowest BCUT2D eigenvalue weighted by Crippen LogP contribution is -2.42. The number of fused-ring (bicyclic) bond motifs is 1. The first-order valence-corrected chi connectivity index (χ1v) is 4.68. The third-order valence-electron chi connectivity index (χ3n) is 2.73. The fraction of sp³-hybridized carbons (Fsp3) is 0.500. The van der Waals surface area contributed by atoms with Gasteiger partial charge in [0.25, 0.3) is 0 Å². The molecule has 0 saturated heterocycles. The number of amides is 1. The Kier molecular flexibility index (Phi) is 2.19. The predicted molar refractivity (Wildman–Crippen MR) is 50.4 cm³/mol. The quantitative estimate of drug-likeness (QED) is 0.339. The van der Waals surface area contributed by atoms with E-state index in [1.807, 2.05) is 6.08 Å². The molecule has 0 saturated carbocycles. The molecule has 2 N–H and O–H groups in total. The molecule has 1 heterocycles. The molecule has 70 valence electrons. The van der Waals surface area contributed by atoms with E-state index in [-0.39, 0.29) is 17.7 Å². The van der Waals surface area contributed by atoms with Crippen molar-refractivity contribution < 1.29 is 4.79 Å². The fourth-order valence-corrected chi connectivity index (χ4v) is 1.98. The Morgan fingerprint density at radius 3 is 3.00 bits per heavy atom. The highest BCUT2D eigenvalue weighted by Crippen LogP contribution is 2.28. The highest BCUT2D eigenvalue weighted by molar-refractivity contribution is 5.80. The normalized spacial score (nSPS) is 33.0. The van der Waals surface area contributed by atoms with Gasteiger partial charge in [-0.2, -0.15) is 0 Å². The lowest BCUT2D eigenvalue weighted by atomic mass is 9.83. The maximum absolute atomic E-state index is 11.7. The Morgan fingerprint density at radius 1 is 1.38 bits per heavy atom. The second-order valence-corrected chi connectivity index (χ2v) is 3.61. The van der Waals surface area contributed by atoms with Crippen molar-refractivity contribution in [3.8, 4) is 0 Å². The third-order valence-corrected chi connectivity index (χ3v) is 2.73. The zero-order valence-corrected chi connectivity index (χ0v) is 7.52. The summed E-state index contributed by atoms with van der Waals surface area (Å²) in [6, 6.07) is 0. The zero-order chi connectivity index (χ0) is 9.26.